The first-order chi connectivity index (χ1) is 13.8. The molecule has 7 heteroatoms. The van der Waals surface area contributed by atoms with Crippen LogP contribution in [0, 0.1) is 13.8 Å². The van der Waals surface area contributed by atoms with Crippen molar-refractivity contribution in [2.75, 3.05) is 11.9 Å². The van der Waals surface area contributed by atoms with Crippen LogP contribution in [0.3, 0.4) is 0 Å². The molecule has 1 aliphatic rings. The van der Waals surface area contributed by atoms with E-state index >= 15 is 0 Å². The molecular formula is C22H28N2O4S. The molecule has 1 fully saturated rings. The minimum atomic E-state index is -3.65. The lowest BCUT2D eigenvalue weighted by Gasteiger charge is -2.13. The molecule has 3 rings (SSSR count). The van der Waals surface area contributed by atoms with Crippen molar-refractivity contribution in [1.82, 2.24) is 4.72 Å². The van der Waals surface area contributed by atoms with Crippen molar-refractivity contribution >= 4 is 21.6 Å². The molecule has 2 N–H and O–H groups in total. The number of carbonyl (C=O) groups is 1. The third kappa shape index (κ3) is 6.05. The summed E-state index contributed by atoms with van der Waals surface area (Å²) in [7, 11) is -3.65. The van der Waals surface area contributed by atoms with Gasteiger partial charge in [0.25, 0.3) is 0 Å². The average Bonchev–Trinajstić information content (AvgIpc) is 3.18. The fourth-order valence-electron chi connectivity index (χ4n) is 3.41. The van der Waals surface area contributed by atoms with Gasteiger partial charge in [0.15, 0.2) is 0 Å². The monoisotopic (exact) mass is 416 g/mol. The zero-order valence-electron chi connectivity index (χ0n) is 16.9. The molecule has 0 atom stereocenters. The highest BCUT2D eigenvalue weighted by Crippen LogP contribution is 2.25. The Morgan fingerprint density at radius 3 is 2.45 bits per heavy atom. The van der Waals surface area contributed by atoms with Gasteiger partial charge < -0.3 is 10.1 Å². The Morgan fingerprint density at radius 2 is 1.76 bits per heavy atom. The van der Waals surface area contributed by atoms with Crippen LogP contribution in [0.4, 0.5) is 5.69 Å². The second-order valence-corrected chi connectivity index (χ2v) is 9.25. The highest BCUT2D eigenvalue weighted by Gasteiger charge is 2.18. The molecule has 156 valence electrons. The van der Waals surface area contributed by atoms with Crippen LogP contribution >= 0.6 is 0 Å². The van der Waals surface area contributed by atoms with Gasteiger partial charge in [-0.1, -0.05) is 12.1 Å². The molecule has 0 aliphatic heterocycles. The average molecular weight is 417 g/mol. The summed E-state index contributed by atoms with van der Waals surface area (Å²) in [5.74, 6) is 0.550. The van der Waals surface area contributed by atoms with Gasteiger partial charge in [0.1, 0.15) is 5.75 Å². The number of rotatable bonds is 8. The molecule has 0 heterocycles. The summed E-state index contributed by atoms with van der Waals surface area (Å²) in [6.07, 6.45) is 4.95. The topological polar surface area (TPSA) is 84.5 Å². The first-order valence-corrected chi connectivity index (χ1v) is 11.5. The normalized spacial score (nSPS) is 14.7. The lowest BCUT2D eigenvalue weighted by atomic mass is 10.2. The molecule has 2 aromatic rings. The molecule has 0 spiro atoms. The van der Waals surface area contributed by atoms with Gasteiger partial charge in [-0.2, -0.15) is 0 Å². The van der Waals surface area contributed by atoms with Crippen molar-refractivity contribution in [3.05, 3.63) is 53.6 Å². The molecule has 6 nitrogen and oxygen atoms in total. The van der Waals surface area contributed by atoms with E-state index in [9.17, 15) is 13.2 Å². The van der Waals surface area contributed by atoms with Gasteiger partial charge in [-0.15, -0.1) is 0 Å². The van der Waals surface area contributed by atoms with Gasteiger partial charge in [0, 0.05) is 18.7 Å². The van der Waals surface area contributed by atoms with Crippen molar-refractivity contribution in [3.63, 3.8) is 0 Å². The summed E-state index contributed by atoms with van der Waals surface area (Å²) in [6.45, 7) is 3.63. The zero-order valence-corrected chi connectivity index (χ0v) is 17.7. The summed E-state index contributed by atoms with van der Waals surface area (Å²) in [5, 5.41) is 2.78. The molecular weight excluding hydrogens is 388 g/mol. The van der Waals surface area contributed by atoms with E-state index in [0.717, 1.165) is 24.2 Å². The van der Waals surface area contributed by atoms with Gasteiger partial charge in [0.05, 0.1) is 11.0 Å². The maximum Gasteiger partial charge on any atom is 0.240 e. The Balaban J connectivity index is 1.47. The number of nitrogens with one attached hydrogen (secondary N) is 2. The fourth-order valence-corrected chi connectivity index (χ4v) is 4.77. The number of hydrogen-bond acceptors (Lipinski definition) is 4. The van der Waals surface area contributed by atoms with Crippen LogP contribution in [0.1, 0.15) is 43.2 Å². The van der Waals surface area contributed by atoms with E-state index < -0.39 is 10.0 Å². The van der Waals surface area contributed by atoms with Crippen LogP contribution < -0.4 is 14.8 Å². The number of anilines is 1. The van der Waals surface area contributed by atoms with E-state index in [4.69, 9.17) is 4.74 Å². The molecule has 0 bridgehead atoms. The molecule has 0 saturated heterocycles. The van der Waals surface area contributed by atoms with Crippen LogP contribution in [0.5, 0.6) is 5.75 Å². The van der Waals surface area contributed by atoms with Crippen molar-refractivity contribution in [1.29, 1.82) is 0 Å². The van der Waals surface area contributed by atoms with E-state index in [0.29, 0.717) is 17.4 Å². The number of amides is 1. The Kier molecular flexibility index (Phi) is 6.92. The van der Waals surface area contributed by atoms with Crippen LogP contribution in [-0.4, -0.2) is 27.0 Å². The zero-order chi connectivity index (χ0) is 20.9. The maximum absolute atomic E-state index is 12.5. The number of ether oxygens (including phenoxy) is 1. The molecule has 1 saturated carbocycles. The first kappa shape index (κ1) is 21.3. The van der Waals surface area contributed by atoms with E-state index in [2.05, 4.69) is 10.0 Å². The summed E-state index contributed by atoms with van der Waals surface area (Å²) >= 11 is 0. The van der Waals surface area contributed by atoms with Crippen LogP contribution in [0.15, 0.2) is 47.4 Å². The number of carbonyl (C=O) groups excluding carboxylic acids is 1. The molecule has 0 radical (unpaired) electrons. The van der Waals surface area contributed by atoms with E-state index in [1.54, 1.807) is 31.2 Å². The lowest BCUT2D eigenvalue weighted by Crippen LogP contribution is -2.28. The fraction of sp³-hybridized carbons (Fsp3) is 0.409. The Bertz CT molecular complexity index is 949. The molecule has 1 aliphatic carbocycles. The summed E-state index contributed by atoms with van der Waals surface area (Å²) < 4.78 is 33.3. The molecule has 0 unspecified atom stereocenters. The minimum absolute atomic E-state index is 0.0322. The number of aryl methyl sites for hydroxylation is 2. The van der Waals surface area contributed by atoms with Crippen molar-refractivity contribution in [3.8, 4) is 5.75 Å². The van der Waals surface area contributed by atoms with E-state index in [-0.39, 0.29) is 23.8 Å². The molecule has 0 aromatic heterocycles. The van der Waals surface area contributed by atoms with Crippen LogP contribution in [0.2, 0.25) is 0 Å². The minimum Gasteiger partial charge on any atom is -0.490 e. The van der Waals surface area contributed by atoms with Gasteiger partial charge in [-0.05, 0) is 81.0 Å². The molecule has 1 amide bonds. The van der Waals surface area contributed by atoms with Crippen LogP contribution in [0.25, 0.3) is 0 Å². The largest absolute Gasteiger partial charge is 0.490 e. The van der Waals surface area contributed by atoms with Crippen molar-refractivity contribution in [2.24, 2.45) is 0 Å². The maximum atomic E-state index is 12.5. The quantitative estimate of drug-likeness (QED) is 0.683. The smallest absolute Gasteiger partial charge is 0.240 e. The van der Waals surface area contributed by atoms with Gasteiger partial charge in [0.2, 0.25) is 15.9 Å². The third-order valence-electron chi connectivity index (χ3n) is 5.02. The Morgan fingerprint density at radius 1 is 1.07 bits per heavy atom. The first-order valence-electron chi connectivity index (χ1n) is 9.97. The molecule has 29 heavy (non-hydrogen) atoms. The third-order valence-corrected chi connectivity index (χ3v) is 6.62. The SMILES string of the molecule is Cc1ccc(C)c(S(=O)(=O)NCCC(=O)Nc2ccc(OC3CCCC3)cc2)c1. The summed E-state index contributed by atoms with van der Waals surface area (Å²) in [4.78, 5) is 12.4. The van der Waals surface area contributed by atoms with E-state index in [1.165, 1.54) is 12.8 Å². The van der Waals surface area contributed by atoms with Crippen molar-refractivity contribution < 1.29 is 17.9 Å². The predicted octanol–water partition coefficient (Wildman–Crippen LogP) is 3.93. The Labute approximate surface area is 172 Å². The van der Waals surface area contributed by atoms with Gasteiger partial charge in [-0.3, -0.25) is 4.79 Å². The summed E-state index contributed by atoms with van der Waals surface area (Å²) in [5.41, 5.74) is 2.20. The Hall–Kier alpha value is -2.38. The number of sulfonamides is 1. The predicted molar refractivity (Wildman–Crippen MR) is 114 cm³/mol. The van der Waals surface area contributed by atoms with Crippen LogP contribution in [-0.2, 0) is 14.8 Å². The van der Waals surface area contributed by atoms with Gasteiger partial charge >= 0.3 is 0 Å². The second kappa shape index (κ2) is 9.41. The second-order valence-electron chi connectivity index (χ2n) is 7.51. The van der Waals surface area contributed by atoms with Crippen molar-refractivity contribution in [2.45, 2.75) is 57.0 Å². The summed E-state index contributed by atoms with van der Waals surface area (Å²) in [6, 6.07) is 12.6. The van der Waals surface area contributed by atoms with E-state index in [1.807, 2.05) is 25.1 Å². The number of hydrogen-bond donors (Lipinski definition) is 2. The lowest BCUT2D eigenvalue weighted by molar-refractivity contribution is -0.116. The van der Waals surface area contributed by atoms with Gasteiger partial charge in [-0.25, -0.2) is 13.1 Å². The number of benzene rings is 2. The highest BCUT2D eigenvalue weighted by molar-refractivity contribution is 7.89. The highest BCUT2D eigenvalue weighted by atomic mass is 32.2. The standard InChI is InChI=1S/C22H28N2O4S/c1-16-7-8-17(2)21(15-16)29(26,27)23-14-13-22(25)24-18-9-11-20(12-10-18)28-19-5-3-4-6-19/h7-12,15,19,23H,3-6,13-14H2,1-2H3,(H,24,25). The molecule has 2 aromatic carbocycles.